The standard InChI is InChI=1S/C16H25N3O/c1-12-5-8-19(9-6-12)10-7-18-16(20)14-4-3-13(2)15(17)11-14/h3-4,11-12H,5-10,17H2,1-2H3,(H,18,20). The lowest BCUT2D eigenvalue weighted by molar-refractivity contribution is 0.0944. The lowest BCUT2D eigenvalue weighted by Crippen LogP contribution is -2.39. The van der Waals surface area contributed by atoms with Gasteiger partial charge in [0.05, 0.1) is 0 Å². The number of nitrogen functional groups attached to an aromatic ring is 1. The quantitative estimate of drug-likeness (QED) is 0.827. The minimum Gasteiger partial charge on any atom is -0.398 e. The van der Waals surface area contributed by atoms with Gasteiger partial charge in [0.1, 0.15) is 0 Å². The molecule has 1 fully saturated rings. The maximum atomic E-state index is 12.0. The Kier molecular flexibility index (Phi) is 5.01. The van der Waals surface area contributed by atoms with E-state index < -0.39 is 0 Å². The molecular weight excluding hydrogens is 250 g/mol. The number of likely N-dealkylation sites (tertiary alicyclic amines) is 1. The van der Waals surface area contributed by atoms with Crippen LogP contribution in [0.4, 0.5) is 5.69 Å². The van der Waals surface area contributed by atoms with Gasteiger partial charge in [-0.3, -0.25) is 4.79 Å². The second kappa shape index (κ2) is 6.75. The Morgan fingerprint density at radius 3 is 2.75 bits per heavy atom. The molecule has 0 unspecified atom stereocenters. The van der Waals surface area contributed by atoms with Crippen LogP contribution in [0.1, 0.15) is 35.7 Å². The van der Waals surface area contributed by atoms with E-state index in [1.165, 1.54) is 12.8 Å². The lowest BCUT2D eigenvalue weighted by atomic mass is 9.99. The van der Waals surface area contributed by atoms with Gasteiger partial charge in [0, 0.05) is 24.3 Å². The van der Waals surface area contributed by atoms with E-state index in [4.69, 9.17) is 5.73 Å². The van der Waals surface area contributed by atoms with Crippen molar-refractivity contribution in [1.29, 1.82) is 0 Å². The molecule has 2 rings (SSSR count). The Hall–Kier alpha value is -1.55. The number of piperidine rings is 1. The van der Waals surface area contributed by atoms with Crippen molar-refractivity contribution in [3.63, 3.8) is 0 Å². The van der Waals surface area contributed by atoms with Gasteiger partial charge in [-0.25, -0.2) is 0 Å². The highest BCUT2D eigenvalue weighted by Gasteiger charge is 2.15. The number of nitrogens with two attached hydrogens (primary N) is 1. The summed E-state index contributed by atoms with van der Waals surface area (Å²) in [7, 11) is 0. The molecular formula is C16H25N3O. The molecule has 3 N–H and O–H groups in total. The second-order valence-corrected chi connectivity index (χ2v) is 5.85. The molecule has 0 spiro atoms. The molecule has 0 radical (unpaired) electrons. The van der Waals surface area contributed by atoms with Gasteiger partial charge in [-0.15, -0.1) is 0 Å². The van der Waals surface area contributed by atoms with E-state index in [1.807, 2.05) is 19.1 Å². The van der Waals surface area contributed by atoms with Crippen molar-refractivity contribution in [2.45, 2.75) is 26.7 Å². The van der Waals surface area contributed by atoms with Crippen molar-refractivity contribution in [2.75, 3.05) is 31.9 Å². The van der Waals surface area contributed by atoms with Crippen LogP contribution in [0.2, 0.25) is 0 Å². The molecule has 1 amide bonds. The number of hydrogen-bond donors (Lipinski definition) is 2. The first-order valence-corrected chi connectivity index (χ1v) is 7.43. The zero-order valence-electron chi connectivity index (χ0n) is 12.5. The largest absolute Gasteiger partial charge is 0.398 e. The highest BCUT2D eigenvalue weighted by Crippen LogP contribution is 2.15. The minimum absolute atomic E-state index is 0.0397. The molecule has 1 aromatic rings. The topological polar surface area (TPSA) is 58.4 Å². The Balaban J connectivity index is 1.76. The molecule has 4 heteroatoms. The number of benzene rings is 1. The monoisotopic (exact) mass is 275 g/mol. The van der Waals surface area contributed by atoms with E-state index in [0.717, 1.165) is 31.1 Å². The lowest BCUT2D eigenvalue weighted by Gasteiger charge is -2.30. The number of carbonyl (C=O) groups is 1. The Morgan fingerprint density at radius 1 is 1.40 bits per heavy atom. The SMILES string of the molecule is Cc1ccc(C(=O)NCCN2CCC(C)CC2)cc1N. The molecule has 0 bridgehead atoms. The molecule has 1 aliphatic heterocycles. The van der Waals surface area contributed by atoms with Crippen LogP contribution in [0.25, 0.3) is 0 Å². The van der Waals surface area contributed by atoms with Gasteiger partial charge in [0.2, 0.25) is 0 Å². The van der Waals surface area contributed by atoms with Crippen molar-refractivity contribution in [3.8, 4) is 0 Å². The van der Waals surface area contributed by atoms with Crippen molar-refractivity contribution in [3.05, 3.63) is 29.3 Å². The maximum Gasteiger partial charge on any atom is 0.251 e. The molecule has 0 atom stereocenters. The smallest absolute Gasteiger partial charge is 0.251 e. The summed E-state index contributed by atoms with van der Waals surface area (Å²) in [5, 5.41) is 2.97. The summed E-state index contributed by atoms with van der Waals surface area (Å²) in [6.07, 6.45) is 2.53. The molecule has 110 valence electrons. The number of hydrogen-bond acceptors (Lipinski definition) is 3. The summed E-state index contributed by atoms with van der Waals surface area (Å²) in [5.41, 5.74) is 8.14. The fourth-order valence-corrected chi connectivity index (χ4v) is 2.50. The van der Waals surface area contributed by atoms with Crippen LogP contribution in [0, 0.1) is 12.8 Å². The highest BCUT2D eigenvalue weighted by molar-refractivity contribution is 5.95. The van der Waals surface area contributed by atoms with Crippen LogP contribution >= 0.6 is 0 Å². The molecule has 1 aliphatic rings. The average Bonchev–Trinajstić information content (AvgIpc) is 2.44. The number of carbonyl (C=O) groups excluding carboxylic acids is 1. The summed E-state index contributed by atoms with van der Waals surface area (Å²) in [6, 6.07) is 5.45. The highest BCUT2D eigenvalue weighted by atomic mass is 16.1. The third-order valence-corrected chi connectivity index (χ3v) is 4.13. The Labute approximate surface area is 121 Å². The zero-order chi connectivity index (χ0) is 14.5. The van der Waals surface area contributed by atoms with Gasteiger partial charge in [0.15, 0.2) is 0 Å². The number of nitrogens with one attached hydrogen (secondary N) is 1. The number of amides is 1. The van der Waals surface area contributed by atoms with Crippen molar-refractivity contribution in [2.24, 2.45) is 5.92 Å². The number of anilines is 1. The molecule has 1 saturated heterocycles. The zero-order valence-corrected chi connectivity index (χ0v) is 12.5. The van der Waals surface area contributed by atoms with E-state index in [1.54, 1.807) is 6.07 Å². The van der Waals surface area contributed by atoms with Crippen molar-refractivity contribution >= 4 is 11.6 Å². The van der Waals surface area contributed by atoms with E-state index >= 15 is 0 Å². The molecule has 4 nitrogen and oxygen atoms in total. The third kappa shape index (κ3) is 3.97. The average molecular weight is 275 g/mol. The van der Waals surface area contributed by atoms with Gasteiger partial charge in [-0.1, -0.05) is 13.0 Å². The van der Waals surface area contributed by atoms with Crippen LogP contribution in [-0.4, -0.2) is 37.0 Å². The molecule has 0 aliphatic carbocycles. The van der Waals surface area contributed by atoms with Crippen LogP contribution in [0.5, 0.6) is 0 Å². The molecule has 20 heavy (non-hydrogen) atoms. The van der Waals surface area contributed by atoms with Crippen molar-refractivity contribution < 1.29 is 4.79 Å². The summed E-state index contributed by atoms with van der Waals surface area (Å²) in [6.45, 7) is 8.17. The summed E-state index contributed by atoms with van der Waals surface area (Å²) < 4.78 is 0. The predicted molar refractivity (Wildman–Crippen MR) is 82.8 cm³/mol. The first kappa shape index (κ1) is 14.9. The Morgan fingerprint density at radius 2 is 2.10 bits per heavy atom. The van der Waals surface area contributed by atoms with Gasteiger partial charge in [0.25, 0.3) is 5.91 Å². The van der Waals surface area contributed by atoms with Crippen LogP contribution < -0.4 is 11.1 Å². The van der Waals surface area contributed by atoms with E-state index in [-0.39, 0.29) is 5.91 Å². The minimum atomic E-state index is -0.0397. The maximum absolute atomic E-state index is 12.0. The van der Waals surface area contributed by atoms with Gasteiger partial charge in [-0.2, -0.15) is 0 Å². The molecule has 1 aromatic carbocycles. The fraction of sp³-hybridized carbons (Fsp3) is 0.562. The first-order chi connectivity index (χ1) is 9.56. The normalized spacial score (nSPS) is 17.1. The van der Waals surface area contributed by atoms with Crippen LogP contribution in [0.3, 0.4) is 0 Å². The summed E-state index contributed by atoms with van der Waals surface area (Å²) in [5.74, 6) is 0.804. The van der Waals surface area contributed by atoms with E-state index in [0.29, 0.717) is 17.8 Å². The van der Waals surface area contributed by atoms with Gasteiger partial charge >= 0.3 is 0 Å². The fourth-order valence-electron chi connectivity index (χ4n) is 2.50. The second-order valence-electron chi connectivity index (χ2n) is 5.85. The van der Waals surface area contributed by atoms with Gasteiger partial charge < -0.3 is 16.0 Å². The number of rotatable bonds is 4. The van der Waals surface area contributed by atoms with Crippen LogP contribution in [0.15, 0.2) is 18.2 Å². The summed E-state index contributed by atoms with van der Waals surface area (Å²) in [4.78, 5) is 14.4. The molecule has 1 heterocycles. The van der Waals surface area contributed by atoms with E-state index in [2.05, 4.69) is 17.1 Å². The molecule has 0 aromatic heterocycles. The van der Waals surface area contributed by atoms with Crippen molar-refractivity contribution in [1.82, 2.24) is 10.2 Å². The predicted octanol–water partition coefficient (Wildman–Crippen LogP) is 2.04. The Bertz CT molecular complexity index is 465. The number of aryl methyl sites for hydroxylation is 1. The first-order valence-electron chi connectivity index (χ1n) is 7.43. The third-order valence-electron chi connectivity index (χ3n) is 4.13. The van der Waals surface area contributed by atoms with Crippen LogP contribution in [-0.2, 0) is 0 Å². The van der Waals surface area contributed by atoms with E-state index in [9.17, 15) is 4.79 Å². The molecule has 0 saturated carbocycles. The van der Waals surface area contributed by atoms with Gasteiger partial charge in [-0.05, 0) is 56.5 Å². The number of nitrogens with zero attached hydrogens (tertiary/aromatic N) is 1. The summed E-state index contributed by atoms with van der Waals surface area (Å²) >= 11 is 0.